The van der Waals surface area contributed by atoms with Crippen LogP contribution in [-0.4, -0.2) is 36.3 Å². The smallest absolute Gasteiger partial charge is 0.326 e. The highest BCUT2D eigenvalue weighted by molar-refractivity contribution is 5.96. The number of esters is 1. The van der Waals surface area contributed by atoms with Crippen LogP contribution in [0.5, 0.6) is 0 Å². The summed E-state index contributed by atoms with van der Waals surface area (Å²) < 4.78 is 9.87. The maximum atomic E-state index is 12.1. The van der Waals surface area contributed by atoms with Crippen molar-refractivity contribution in [1.82, 2.24) is 5.32 Å². The Hall–Kier alpha value is -3.62. The number of anilines is 2. The zero-order valence-electron chi connectivity index (χ0n) is 14.8. The van der Waals surface area contributed by atoms with Crippen LogP contribution in [0.4, 0.5) is 11.4 Å². The first kappa shape index (κ1) is 19.7. The Morgan fingerprint density at radius 3 is 2.22 bits per heavy atom. The van der Waals surface area contributed by atoms with Gasteiger partial charge in [-0.15, -0.1) is 0 Å². The average molecular weight is 373 g/mol. The van der Waals surface area contributed by atoms with Gasteiger partial charge in [0, 0.05) is 18.3 Å². The number of nitrogens with one attached hydrogen (secondary N) is 3. The molecule has 9 nitrogen and oxygen atoms in total. The van der Waals surface area contributed by atoms with E-state index in [2.05, 4.69) is 16.0 Å². The minimum absolute atomic E-state index is 0.0660. The molecule has 0 aliphatic rings. The SMILES string of the molecule is CC(=O)Nc1ccc(NC(=O)[C@@H](C)OC(=O)CNC(=O)c2ccco2)cc1. The van der Waals surface area contributed by atoms with Crippen LogP contribution in [0, 0.1) is 0 Å². The number of rotatable bonds is 7. The van der Waals surface area contributed by atoms with E-state index in [9.17, 15) is 19.2 Å². The standard InChI is InChI=1S/C18H19N3O6/c1-11(27-16(23)10-19-18(25)15-4-3-9-26-15)17(24)21-14-7-5-13(6-8-14)20-12(2)22/h3-9,11H,10H2,1-2H3,(H,19,25)(H,20,22)(H,21,24)/t11-/m1/s1. The van der Waals surface area contributed by atoms with E-state index in [4.69, 9.17) is 9.15 Å². The third-order valence-electron chi connectivity index (χ3n) is 3.29. The maximum absolute atomic E-state index is 12.1. The summed E-state index contributed by atoms with van der Waals surface area (Å²) in [5, 5.41) is 7.52. The number of carbonyl (C=O) groups excluding carboxylic acids is 4. The second-order valence-electron chi connectivity index (χ2n) is 5.54. The highest BCUT2D eigenvalue weighted by Crippen LogP contribution is 2.14. The van der Waals surface area contributed by atoms with Crippen molar-refractivity contribution >= 4 is 35.1 Å². The number of amides is 3. The fraction of sp³-hybridized carbons (Fsp3) is 0.222. The molecule has 0 radical (unpaired) electrons. The molecule has 1 atom stereocenters. The number of hydrogen-bond donors (Lipinski definition) is 3. The second-order valence-corrected chi connectivity index (χ2v) is 5.54. The Morgan fingerprint density at radius 1 is 1.04 bits per heavy atom. The average Bonchev–Trinajstić information content (AvgIpc) is 3.15. The molecule has 2 aromatic rings. The lowest BCUT2D eigenvalue weighted by atomic mass is 10.2. The molecule has 3 amide bonds. The minimum Gasteiger partial charge on any atom is -0.459 e. The highest BCUT2D eigenvalue weighted by Gasteiger charge is 2.19. The van der Waals surface area contributed by atoms with Gasteiger partial charge in [0.25, 0.3) is 11.8 Å². The Balaban J connectivity index is 1.78. The van der Waals surface area contributed by atoms with Gasteiger partial charge in [-0.2, -0.15) is 0 Å². The van der Waals surface area contributed by atoms with Crippen molar-refractivity contribution in [3.05, 3.63) is 48.4 Å². The van der Waals surface area contributed by atoms with Gasteiger partial charge in [0.15, 0.2) is 11.9 Å². The summed E-state index contributed by atoms with van der Waals surface area (Å²) in [5.74, 6) is -2.00. The van der Waals surface area contributed by atoms with Crippen molar-refractivity contribution in [3.8, 4) is 0 Å². The number of carbonyl (C=O) groups is 4. The summed E-state index contributed by atoms with van der Waals surface area (Å²) in [7, 11) is 0. The summed E-state index contributed by atoms with van der Waals surface area (Å²) in [6.07, 6.45) is 0.274. The molecule has 0 aliphatic heterocycles. The van der Waals surface area contributed by atoms with E-state index in [1.165, 1.54) is 26.2 Å². The third kappa shape index (κ3) is 6.31. The van der Waals surface area contributed by atoms with E-state index in [1.54, 1.807) is 30.3 Å². The van der Waals surface area contributed by atoms with Crippen molar-refractivity contribution in [3.63, 3.8) is 0 Å². The lowest BCUT2D eigenvalue weighted by Gasteiger charge is -2.14. The first-order chi connectivity index (χ1) is 12.8. The monoisotopic (exact) mass is 373 g/mol. The first-order valence-corrected chi connectivity index (χ1v) is 8.05. The number of hydrogen-bond acceptors (Lipinski definition) is 6. The van der Waals surface area contributed by atoms with Crippen LogP contribution in [0.15, 0.2) is 47.1 Å². The summed E-state index contributed by atoms with van der Waals surface area (Å²) in [6, 6.07) is 9.44. The Kier molecular flexibility index (Phi) is 6.70. The van der Waals surface area contributed by atoms with Crippen LogP contribution >= 0.6 is 0 Å². The molecule has 0 spiro atoms. The number of benzene rings is 1. The van der Waals surface area contributed by atoms with Crippen LogP contribution in [0.2, 0.25) is 0 Å². The molecule has 142 valence electrons. The predicted octanol–water partition coefficient (Wildman–Crippen LogP) is 1.54. The fourth-order valence-corrected chi connectivity index (χ4v) is 2.02. The number of ether oxygens (including phenoxy) is 1. The molecular formula is C18H19N3O6. The zero-order chi connectivity index (χ0) is 19.8. The molecule has 1 heterocycles. The van der Waals surface area contributed by atoms with E-state index in [0.29, 0.717) is 11.4 Å². The molecule has 2 rings (SSSR count). The van der Waals surface area contributed by atoms with Crippen molar-refractivity contribution in [2.45, 2.75) is 20.0 Å². The summed E-state index contributed by atoms with van der Waals surface area (Å²) in [6.45, 7) is 2.40. The first-order valence-electron chi connectivity index (χ1n) is 8.05. The van der Waals surface area contributed by atoms with Gasteiger partial charge in [0.2, 0.25) is 5.91 Å². The van der Waals surface area contributed by atoms with Gasteiger partial charge >= 0.3 is 5.97 Å². The molecule has 0 fully saturated rings. The molecule has 27 heavy (non-hydrogen) atoms. The Labute approximate surface area is 155 Å². The van der Waals surface area contributed by atoms with Gasteiger partial charge < -0.3 is 25.1 Å². The predicted molar refractivity (Wildman–Crippen MR) is 96.0 cm³/mol. The Morgan fingerprint density at radius 2 is 1.67 bits per heavy atom. The fourth-order valence-electron chi connectivity index (χ4n) is 2.02. The summed E-state index contributed by atoms with van der Waals surface area (Å²) in [4.78, 5) is 46.4. The summed E-state index contributed by atoms with van der Waals surface area (Å²) in [5.41, 5.74) is 1.07. The molecule has 3 N–H and O–H groups in total. The van der Waals surface area contributed by atoms with Crippen LogP contribution < -0.4 is 16.0 Å². The molecule has 0 saturated carbocycles. The van der Waals surface area contributed by atoms with Gasteiger partial charge in [-0.1, -0.05) is 0 Å². The van der Waals surface area contributed by atoms with Gasteiger partial charge in [0.1, 0.15) is 6.54 Å². The molecule has 0 unspecified atom stereocenters. The molecule has 0 aliphatic carbocycles. The Bertz CT molecular complexity index is 814. The minimum atomic E-state index is -1.06. The van der Waals surface area contributed by atoms with E-state index in [1.807, 2.05) is 0 Å². The van der Waals surface area contributed by atoms with Crippen molar-refractivity contribution in [2.75, 3.05) is 17.2 Å². The molecule has 1 aromatic carbocycles. The van der Waals surface area contributed by atoms with Crippen molar-refractivity contribution < 1.29 is 28.3 Å². The topological polar surface area (TPSA) is 127 Å². The molecule has 0 saturated heterocycles. The summed E-state index contributed by atoms with van der Waals surface area (Å²) >= 11 is 0. The van der Waals surface area contributed by atoms with E-state index in [-0.39, 0.29) is 11.7 Å². The van der Waals surface area contributed by atoms with E-state index < -0.39 is 30.4 Å². The number of furan rings is 1. The third-order valence-corrected chi connectivity index (χ3v) is 3.29. The van der Waals surface area contributed by atoms with Crippen LogP contribution in [0.25, 0.3) is 0 Å². The van der Waals surface area contributed by atoms with Crippen LogP contribution in [0.3, 0.4) is 0 Å². The van der Waals surface area contributed by atoms with Gasteiger partial charge in [0.05, 0.1) is 6.26 Å². The van der Waals surface area contributed by atoms with Gasteiger partial charge in [-0.25, -0.2) is 0 Å². The zero-order valence-corrected chi connectivity index (χ0v) is 14.8. The van der Waals surface area contributed by atoms with Gasteiger partial charge in [-0.05, 0) is 43.3 Å². The normalized spacial score (nSPS) is 11.2. The van der Waals surface area contributed by atoms with Gasteiger partial charge in [-0.3, -0.25) is 19.2 Å². The lowest BCUT2D eigenvalue weighted by molar-refractivity contribution is -0.152. The second kappa shape index (κ2) is 9.18. The molecular weight excluding hydrogens is 354 g/mol. The van der Waals surface area contributed by atoms with Crippen molar-refractivity contribution in [1.29, 1.82) is 0 Å². The molecule has 9 heteroatoms. The van der Waals surface area contributed by atoms with E-state index in [0.717, 1.165) is 0 Å². The largest absolute Gasteiger partial charge is 0.459 e. The van der Waals surface area contributed by atoms with E-state index >= 15 is 0 Å². The van der Waals surface area contributed by atoms with Crippen molar-refractivity contribution in [2.24, 2.45) is 0 Å². The lowest BCUT2D eigenvalue weighted by Crippen LogP contribution is -2.35. The van der Waals surface area contributed by atoms with Crippen LogP contribution in [-0.2, 0) is 19.1 Å². The highest BCUT2D eigenvalue weighted by atomic mass is 16.5. The molecule has 1 aromatic heterocycles. The van der Waals surface area contributed by atoms with Crippen LogP contribution in [0.1, 0.15) is 24.4 Å². The molecule has 0 bridgehead atoms. The maximum Gasteiger partial charge on any atom is 0.326 e. The quantitative estimate of drug-likeness (QED) is 0.632.